The fraction of sp³-hybridized carbons (Fsp3) is 0.667. The predicted octanol–water partition coefficient (Wildman–Crippen LogP) is 3.08. The summed E-state index contributed by atoms with van der Waals surface area (Å²) in [5.74, 6) is 0.581. The minimum absolute atomic E-state index is 0.415. The molecular formula is C18H30N2O. The van der Waals surface area contributed by atoms with Gasteiger partial charge in [-0.15, -0.1) is 0 Å². The van der Waals surface area contributed by atoms with E-state index in [4.69, 9.17) is 4.74 Å². The third-order valence-electron chi connectivity index (χ3n) is 4.45. The van der Waals surface area contributed by atoms with Gasteiger partial charge in [-0.1, -0.05) is 37.3 Å². The molecule has 1 aliphatic heterocycles. The summed E-state index contributed by atoms with van der Waals surface area (Å²) in [4.78, 5) is 2.57. The van der Waals surface area contributed by atoms with Crippen LogP contribution in [0.1, 0.15) is 38.3 Å². The molecule has 21 heavy (non-hydrogen) atoms. The molecular weight excluding hydrogens is 260 g/mol. The maximum atomic E-state index is 5.81. The predicted molar refractivity (Wildman–Crippen MR) is 88.5 cm³/mol. The zero-order valence-corrected chi connectivity index (χ0v) is 13.7. The lowest BCUT2D eigenvalue weighted by atomic mass is 9.93. The van der Waals surface area contributed by atoms with E-state index in [1.165, 1.54) is 24.9 Å². The van der Waals surface area contributed by atoms with E-state index < -0.39 is 0 Å². The Labute approximate surface area is 129 Å². The van der Waals surface area contributed by atoms with E-state index in [1.54, 1.807) is 0 Å². The van der Waals surface area contributed by atoms with Gasteiger partial charge in [-0.3, -0.25) is 0 Å². The average Bonchev–Trinajstić information content (AvgIpc) is 2.50. The summed E-state index contributed by atoms with van der Waals surface area (Å²) in [6.07, 6.45) is 2.90. The van der Waals surface area contributed by atoms with Crippen LogP contribution in [0.5, 0.6) is 0 Å². The van der Waals surface area contributed by atoms with Crippen LogP contribution >= 0.6 is 0 Å². The molecule has 3 atom stereocenters. The van der Waals surface area contributed by atoms with Gasteiger partial charge in [0.25, 0.3) is 0 Å². The minimum atomic E-state index is 0.415. The fourth-order valence-corrected chi connectivity index (χ4v) is 3.50. The molecule has 1 aromatic carbocycles. The molecule has 0 spiro atoms. The third-order valence-corrected chi connectivity index (χ3v) is 4.45. The Bertz CT molecular complexity index is 393. The second kappa shape index (κ2) is 8.52. The van der Waals surface area contributed by atoms with Crippen LogP contribution in [-0.4, -0.2) is 44.3 Å². The molecule has 1 fully saturated rings. The molecule has 1 heterocycles. The van der Waals surface area contributed by atoms with Crippen molar-refractivity contribution < 1.29 is 4.74 Å². The summed E-state index contributed by atoms with van der Waals surface area (Å²) < 4.78 is 5.81. The molecule has 1 aromatic rings. The number of likely N-dealkylation sites (tertiary alicyclic amines) is 1. The van der Waals surface area contributed by atoms with Gasteiger partial charge in [0.15, 0.2) is 0 Å². The number of hydrogen-bond acceptors (Lipinski definition) is 3. The highest BCUT2D eigenvalue weighted by atomic mass is 16.5. The van der Waals surface area contributed by atoms with Crippen molar-refractivity contribution in [1.82, 2.24) is 10.2 Å². The van der Waals surface area contributed by atoms with Crippen molar-refractivity contribution in [2.75, 3.05) is 33.3 Å². The second-order valence-electron chi connectivity index (χ2n) is 6.13. The summed E-state index contributed by atoms with van der Waals surface area (Å²) >= 11 is 0. The summed E-state index contributed by atoms with van der Waals surface area (Å²) in [5.41, 5.74) is 1.38. The van der Waals surface area contributed by atoms with Gasteiger partial charge in [0.2, 0.25) is 0 Å². The number of ether oxygens (including phenoxy) is 1. The van der Waals surface area contributed by atoms with Crippen LogP contribution in [0, 0.1) is 5.92 Å². The zero-order chi connectivity index (χ0) is 15.1. The summed E-state index contributed by atoms with van der Waals surface area (Å²) in [5, 5.41) is 3.49. The number of piperidine rings is 1. The lowest BCUT2D eigenvalue weighted by Crippen LogP contribution is -2.43. The maximum absolute atomic E-state index is 5.81. The van der Waals surface area contributed by atoms with Crippen molar-refractivity contribution in [1.29, 1.82) is 0 Å². The van der Waals surface area contributed by atoms with Crippen LogP contribution in [-0.2, 0) is 4.74 Å². The monoisotopic (exact) mass is 290 g/mol. The smallest absolute Gasteiger partial charge is 0.0702 e. The molecule has 1 N–H and O–H groups in total. The van der Waals surface area contributed by atoms with Crippen molar-refractivity contribution in [2.45, 2.75) is 38.8 Å². The van der Waals surface area contributed by atoms with Crippen LogP contribution in [0.2, 0.25) is 0 Å². The molecule has 0 aromatic heterocycles. The highest BCUT2D eigenvalue weighted by molar-refractivity contribution is 5.19. The third kappa shape index (κ3) is 4.80. The normalized spacial score (nSPS) is 22.9. The second-order valence-corrected chi connectivity index (χ2v) is 6.13. The van der Waals surface area contributed by atoms with E-state index >= 15 is 0 Å². The van der Waals surface area contributed by atoms with E-state index in [0.717, 1.165) is 19.7 Å². The number of rotatable bonds is 7. The van der Waals surface area contributed by atoms with Crippen LogP contribution in [0.25, 0.3) is 0 Å². The number of hydrogen-bond donors (Lipinski definition) is 1. The first kappa shape index (κ1) is 16.5. The molecule has 0 radical (unpaired) electrons. The molecule has 3 nitrogen and oxygen atoms in total. The van der Waals surface area contributed by atoms with E-state index in [-0.39, 0.29) is 0 Å². The zero-order valence-electron chi connectivity index (χ0n) is 13.7. The van der Waals surface area contributed by atoms with Gasteiger partial charge in [-0.2, -0.15) is 0 Å². The van der Waals surface area contributed by atoms with Crippen LogP contribution in [0.3, 0.4) is 0 Å². The van der Waals surface area contributed by atoms with Gasteiger partial charge in [-0.05, 0) is 44.8 Å². The van der Waals surface area contributed by atoms with Crippen molar-refractivity contribution in [3.63, 3.8) is 0 Å². The molecule has 0 bridgehead atoms. The Morgan fingerprint density at radius 2 is 2.10 bits per heavy atom. The van der Waals surface area contributed by atoms with E-state index in [1.807, 2.05) is 0 Å². The van der Waals surface area contributed by atoms with Gasteiger partial charge in [0.1, 0.15) is 0 Å². The SMILES string of the molecule is CCOC1CCCN(CC(C)C(NC)c2ccccc2)C1. The molecule has 2 rings (SSSR count). The van der Waals surface area contributed by atoms with Gasteiger partial charge < -0.3 is 15.0 Å². The van der Waals surface area contributed by atoms with Crippen molar-refractivity contribution in [3.8, 4) is 0 Å². The Morgan fingerprint density at radius 3 is 2.76 bits per heavy atom. The molecule has 3 heteroatoms. The van der Waals surface area contributed by atoms with Gasteiger partial charge in [0.05, 0.1) is 6.10 Å². The Balaban J connectivity index is 1.91. The molecule has 0 aliphatic carbocycles. The van der Waals surface area contributed by atoms with Gasteiger partial charge in [-0.25, -0.2) is 0 Å². The maximum Gasteiger partial charge on any atom is 0.0702 e. The topological polar surface area (TPSA) is 24.5 Å². The van der Waals surface area contributed by atoms with E-state index in [2.05, 4.69) is 61.4 Å². The Morgan fingerprint density at radius 1 is 1.33 bits per heavy atom. The molecule has 1 aliphatic rings. The first-order valence-corrected chi connectivity index (χ1v) is 8.30. The number of benzene rings is 1. The molecule has 3 unspecified atom stereocenters. The summed E-state index contributed by atoms with van der Waals surface area (Å²) in [7, 11) is 2.06. The molecule has 118 valence electrons. The minimum Gasteiger partial charge on any atom is -0.377 e. The molecule has 1 saturated heterocycles. The molecule has 0 saturated carbocycles. The van der Waals surface area contributed by atoms with Gasteiger partial charge >= 0.3 is 0 Å². The van der Waals surface area contributed by atoms with Crippen molar-refractivity contribution >= 4 is 0 Å². The van der Waals surface area contributed by atoms with Crippen molar-refractivity contribution in [3.05, 3.63) is 35.9 Å². The van der Waals surface area contributed by atoms with E-state index in [0.29, 0.717) is 18.1 Å². The number of nitrogens with zero attached hydrogens (tertiary/aromatic N) is 1. The first-order valence-electron chi connectivity index (χ1n) is 8.30. The number of nitrogens with one attached hydrogen (secondary N) is 1. The summed E-state index contributed by atoms with van der Waals surface area (Å²) in [6, 6.07) is 11.2. The Hall–Kier alpha value is -0.900. The van der Waals surface area contributed by atoms with Crippen molar-refractivity contribution in [2.24, 2.45) is 5.92 Å². The Kier molecular flexibility index (Phi) is 6.68. The first-order chi connectivity index (χ1) is 10.2. The quantitative estimate of drug-likeness (QED) is 0.835. The molecule has 0 amide bonds. The lowest BCUT2D eigenvalue weighted by Gasteiger charge is -2.36. The fourth-order valence-electron chi connectivity index (χ4n) is 3.50. The van der Waals surface area contributed by atoms with Gasteiger partial charge in [0, 0.05) is 25.7 Å². The lowest BCUT2D eigenvalue weighted by molar-refractivity contribution is 0.00109. The van der Waals surface area contributed by atoms with Crippen LogP contribution in [0.15, 0.2) is 30.3 Å². The average molecular weight is 290 g/mol. The highest BCUT2D eigenvalue weighted by Crippen LogP contribution is 2.24. The standard InChI is InChI=1S/C18H30N2O/c1-4-21-17-11-8-12-20(14-17)13-15(2)18(19-3)16-9-6-5-7-10-16/h5-7,9-10,15,17-19H,4,8,11-14H2,1-3H3. The van der Waals surface area contributed by atoms with Crippen LogP contribution in [0.4, 0.5) is 0 Å². The highest BCUT2D eigenvalue weighted by Gasteiger charge is 2.24. The van der Waals surface area contributed by atoms with E-state index in [9.17, 15) is 0 Å². The summed E-state index contributed by atoms with van der Waals surface area (Å²) in [6.45, 7) is 8.69. The largest absolute Gasteiger partial charge is 0.377 e. The van der Waals surface area contributed by atoms with Crippen LogP contribution < -0.4 is 5.32 Å².